The van der Waals surface area contributed by atoms with Crippen molar-refractivity contribution in [1.82, 2.24) is 34.4 Å². The zero-order valence-electron chi connectivity index (χ0n) is 33.3. The number of piperidine rings is 2. The third-order valence-electron chi connectivity index (χ3n) is 13.1. The molecule has 60 heavy (non-hydrogen) atoms. The quantitative estimate of drug-likeness (QED) is 0.148. The Balaban J connectivity index is 0.784. The maximum atomic E-state index is 14.2. The summed E-state index contributed by atoms with van der Waals surface area (Å²) >= 11 is 0. The lowest BCUT2D eigenvalue weighted by atomic mass is 9.86. The minimum absolute atomic E-state index is 0.118. The number of morpholine rings is 1. The topological polar surface area (TPSA) is 156 Å². The van der Waals surface area contributed by atoms with Crippen LogP contribution >= 0.6 is 0 Å². The van der Waals surface area contributed by atoms with E-state index < -0.39 is 46.6 Å². The van der Waals surface area contributed by atoms with Gasteiger partial charge in [0.1, 0.15) is 6.04 Å². The van der Waals surface area contributed by atoms with Crippen molar-refractivity contribution in [3.8, 4) is 5.75 Å². The minimum Gasteiger partial charge on any atom is -0.503 e. The van der Waals surface area contributed by atoms with Gasteiger partial charge in [0.2, 0.25) is 17.6 Å². The summed E-state index contributed by atoms with van der Waals surface area (Å²) in [5.74, 6) is -7.78. The van der Waals surface area contributed by atoms with Crippen molar-refractivity contribution in [1.29, 1.82) is 0 Å². The Kier molecular flexibility index (Phi) is 10.4. The Morgan fingerprint density at radius 3 is 2.52 bits per heavy atom. The van der Waals surface area contributed by atoms with Crippen LogP contribution < -0.4 is 21.2 Å². The van der Waals surface area contributed by atoms with Crippen molar-refractivity contribution in [2.75, 3.05) is 44.2 Å². The maximum absolute atomic E-state index is 14.2. The highest BCUT2D eigenvalue weighted by Gasteiger charge is 2.40. The van der Waals surface area contributed by atoms with Gasteiger partial charge in [0.05, 0.1) is 40.4 Å². The molecule has 9 rings (SSSR count). The fourth-order valence-corrected chi connectivity index (χ4v) is 9.63. The summed E-state index contributed by atoms with van der Waals surface area (Å²) < 4.78 is 53.3. The molecule has 0 radical (unpaired) electrons. The van der Waals surface area contributed by atoms with Gasteiger partial charge < -0.3 is 20.1 Å². The lowest BCUT2D eigenvalue weighted by molar-refractivity contribution is -0.135. The highest BCUT2D eigenvalue weighted by atomic mass is 19.2. The number of nitrogens with one attached hydrogen (secondary N) is 2. The third-order valence-corrected chi connectivity index (χ3v) is 13.1. The van der Waals surface area contributed by atoms with Crippen molar-refractivity contribution in [2.45, 2.75) is 75.6 Å². The molecule has 1 atom stereocenters. The number of halogens is 3. The number of carbonyl (C=O) groups excluding carboxylic acids is 3. The molecule has 1 spiro atoms. The fraction of sp³-hybridized carbons (Fsp3) is 0.465. The van der Waals surface area contributed by atoms with E-state index in [-0.39, 0.29) is 42.1 Å². The molecule has 4 aliphatic rings. The maximum Gasteiger partial charge on any atom is 0.329 e. The summed E-state index contributed by atoms with van der Waals surface area (Å²) in [6.07, 6.45) is 7.55. The number of aromatic nitrogens is 4. The van der Waals surface area contributed by atoms with Crippen molar-refractivity contribution in [3.63, 3.8) is 0 Å². The van der Waals surface area contributed by atoms with Crippen LogP contribution in [0.25, 0.3) is 21.9 Å². The molecule has 316 valence electrons. The second-order valence-electron chi connectivity index (χ2n) is 16.9. The van der Waals surface area contributed by atoms with E-state index >= 15 is 0 Å². The van der Waals surface area contributed by atoms with E-state index in [1.54, 1.807) is 11.6 Å². The van der Waals surface area contributed by atoms with Gasteiger partial charge in [-0.1, -0.05) is 6.07 Å². The van der Waals surface area contributed by atoms with Crippen LogP contribution in [-0.2, 0) is 27.9 Å². The Hall–Kier alpha value is -5.68. The number of imidazole rings is 1. The number of nitrogens with zero attached hydrogens (tertiary/aromatic N) is 6. The second kappa shape index (κ2) is 15.7. The molecule has 3 aliphatic heterocycles. The second-order valence-corrected chi connectivity index (χ2v) is 16.9. The molecular formula is C43H47F3N8O6. The van der Waals surface area contributed by atoms with Crippen molar-refractivity contribution < 1.29 is 37.4 Å². The molecule has 5 aromatic rings. The number of anilines is 1. The number of carbonyl (C=O) groups is 3. The Labute approximate surface area is 342 Å². The number of fused-ring (bicyclic) bond motifs is 2. The van der Waals surface area contributed by atoms with Crippen LogP contribution in [0.15, 0.2) is 53.5 Å². The van der Waals surface area contributed by atoms with Gasteiger partial charge in [0.25, 0.3) is 5.91 Å². The van der Waals surface area contributed by atoms with E-state index in [0.29, 0.717) is 31.2 Å². The van der Waals surface area contributed by atoms with Crippen molar-refractivity contribution >= 4 is 45.3 Å². The lowest BCUT2D eigenvalue weighted by Gasteiger charge is -2.48. The number of aromatic hydroxyl groups is 1. The van der Waals surface area contributed by atoms with E-state index in [2.05, 4.69) is 44.8 Å². The number of amides is 3. The number of benzene rings is 3. The first-order valence-electron chi connectivity index (χ1n) is 20.6. The molecule has 3 N–H and O–H groups in total. The minimum atomic E-state index is -1.78. The summed E-state index contributed by atoms with van der Waals surface area (Å²) in [4.78, 5) is 54.9. The molecule has 1 aliphatic carbocycles. The van der Waals surface area contributed by atoms with Gasteiger partial charge in [-0.2, -0.15) is 9.49 Å². The molecule has 1 saturated carbocycles. The molecule has 3 amide bonds. The SMILES string of the molecule is Cn1c(=O)n([C@@H]2CCC(=O)NC2=O)c2ccc(CN3CCOC4(CCN(c5ccc6cn(C7CCC(CNC(=O)c8cc(F)c(O)c(F)c8F)CC7)nc6c5)CC4)C3)cc21. The highest BCUT2D eigenvalue weighted by Crippen LogP contribution is 2.36. The van der Waals surface area contributed by atoms with Crippen molar-refractivity contribution in [2.24, 2.45) is 13.0 Å². The Bertz CT molecular complexity index is 2570. The predicted octanol–water partition coefficient (Wildman–Crippen LogP) is 4.82. The molecule has 4 fully saturated rings. The normalized spacial score (nSPS) is 22.5. The summed E-state index contributed by atoms with van der Waals surface area (Å²) in [5.41, 5.74) is 3.21. The summed E-state index contributed by atoms with van der Waals surface area (Å²) in [6.45, 7) is 4.84. The summed E-state index contributed by atoms with van der Waals surface area (Å²) in [7, 11) is 1.71. The number of rotatable bonds is 8. The first-order valence-corrected chi connectivity index (χ1v) is 20.6. The van der Waals surface area contributed by atoms with Gasteiger partial charge in [-0.15, -0.1) is 0 Å². The van der Waals surface area contributed by atoms with Crippen molar-refractivity contribution in [3.05, 3.63) is 87.7 Å². The number of hydrogen-bond acceptors (Lipinski definition) is 9. The summed E-state index contributed by atoms with van der Waals surface area (Å²) in [6, 6.07) is 12.3. The molecule has 5 heterocycles. The number of imide groups is 1. The first kappa shape index (κ1) is 39.8. The van der Waals surface area contributed by atoms with Gasteiger partial charge in [-0.05, 0) is 92.8 Å². The van der Waals surface area contributed by atoms with Gasteiger partial charge in [-0.3, -0.25) is 38.4 Å². The molecule has 17 heteroatoms. The Morgan fingerprint density at radius 1 is 0.967 bits per heavy atom. The number of phenolic OH excluding ortho intramolecular Hbond substituents is 1. The number of aryl methyl sites for hydroxylation is 1. The molecule has 0 bridgehead atoms. The van der Waals surface area contributed by atoms with Crippen LogP contribution in [0, 0.1) is 23.4 Å². The fourth-order valence-electron chi connectivity index (χ4n) is 9.63. The van der Waals surface area contributed by atoms with E-state index in [0.717, 1.165) is 92.4 Å². The molecule has 2 aromatic heterocycles. The van der Waals surface area contributed by atoms with Crippen LogP contribution in [0.2, 0.25) is 0 Å². The van der Waals surface area contributed by atoms with Gasteiger partial charge in [0.15, 0.2) is 17.4 Å². The average molecular weight is 829 g/mol. The molecule has 3 aromatic carbocycles. The Morgan fingerprint density at radius 2 is 1.75 bits per heavy atom. The molecule has 3 saturated heterocycles. The van der Waals surface area contributed by atoms with Gasteiger partial charge in [0, 0.05) is 70.0 Å². The monoisotopic (exact) mass is 828 g/mol. The van der Waals surface area contributed by atoms with Gasteiger partial charge >= 0.3 is 5.69 Å². The van der Waals surface area contributed by atoms with Gasteiger partial charge in [-0.25, -0.2) is 13.6 Å². The van der Waals surface area contributed by atoms with E-state index in [9.17, 15) is 37.5 Å². The lowest BCUT2D eigenvalue weighted by Crippen LogP contribution is -2.56. The zero-order valence-corrected chi connectivity index (χ0v) is 33.3. The van der Waals surface area contributed by atoms with Crippen LogP contribution in [0.3, 0.4) is 0 Å². The number of hydrogen-bond donors (Lipinski definition) is 3. The van der Waals surface area contributed by atoms with E-state index in [4.69, 9.17) is 9.84 Å². The number of ether oxygens (including phenoxy) is 1. The first-order chi connectivity index (χ1) is 28.9. The average Bonchev–Trinajstić information content (AvgIpc) is 3.78. The van der Waals surface area contributed by atoms with E-state index in [1.165, 1.54) is 4.57 Å². The third kappa shape index (κ3) is 7.42. The van der Waals surface area contributed by atoms with E-state index in [1.807, 2.05) is 22.9 Å². The summed E-state index contributed by atoms with van der Waals surface area (Å²) in [5, 5.41) is 20.2. The molecule has 0 unspecified atom stereocenters. The largest absolute Gasteiger partial charge is 0.503 e. The van der Waals surface area contributed by atoms with Crippen LogP contribution in [0.4, 0.5) is 18.9 Å². The highest BCUT2D eigenvalue weighted by molar-refractivity contribution is 6.00. The van der Waals surface area contributed by atoms with Crippen LogP contribution in [0.5, 0.6) is 5.75 Å². The standard InChI is InChI=1S/C43H47F3N8O6/c1-50-35-18-26(4-9-33(35)54(42(50)59)34-10-11-36(55)48-41(34)58)22-51-16-17-60-43(24-51)12-14-52(15-13-43)29-8-5-27-23-53(49-32(27)19-29)28-6-2-25(3-7-28)21-47-40(57)30-20-31(44)39(56)38(46)37(30)45/h4-5,8-9,18-20,23,25,28,34,56H,2-3,6-7,10-17,21-22,24H2,1H3,(H,47,57)(H,48,55,58)/t25?,28?,34-/m1/s1. The zero-order chi connectivity index (χ0) is 41.9. The van der Waals surface area contributed by atoms with Crippen LogP contribution in [0.1, 0.15) is 79.4 Å². The molecular weight excluding hydrogens is 782 g/mol. The molecule has 14 nitrogen and oxygen atoms in total. The number of phenols is 1. The predicted molar refractivity (Wildman–Crippen MR) is 215 cm³/mol. The van der Waals surface area contributed by atoms with Crippen LogP contribution in [-0.4, -0.2) is 91.6 Å². The smallest absolute Gasteiger partial charge is 0.329 e.